The molecule has 2 atom stereocenters. The molecule has 0 fully saturated rings. The smallest absolute Gasteiger partial charge is 0.193 e. The van der Waals surface area contributed by atoms with E-state index in [2.05, 4.69) is 20.8 Å². The third-order valence-electron chi connectivity index (χ3n) is 6.20. The van der Waals surface area contributed by atoms with Crippen LogP contribution in [0.1, 0.15) is 60.4 Å². The van der Waals surface area contributed by atoms with Crippen LogP contribution in [0, 0.1) is 10.8 Å². The molecular formula is C30H35O5P. The lowest BCUT2D eigenvalue weighted by molar-refractivity contribution is 0.0776. The zero-order valence-corrected chi connectivity index (χ0v) is 22.9. The summed E-state index contributed by atoms with van der Waals surface area (Å²) in [4.78, 5) is 27.1. The number of ketones is 2. The fraction of sp³-hybridized carbons (Fsp3) is 0.333. The predicted molar refractivity (Wildman–Crippen MR) is 146 cm³/mol. The lowest BCUT2D eigenvalue weighted by atomic mass is 9.72. The van der Waals surface area contributed by atoms with Gasteiger partial charge in [0.1, 0.15) is 19.3 Å². The Morgan fingerprint density at radius 1 is 0.750 bits per heavy atom. The van der Waals surface area contributed by atoms with Crippen LogP contribution >= 0.6 is 7.80 Å². The summed E-state index contributed by atoms with van der Waals surface area (Å²) in [5.74, 6) is 1.06. The summed E-state index contributed by atoms with van der Waals surface area (Å²) >= 11 is 0. The molecule has 3 aromatic rings. The second-order valence-electron chi connectivity index (χ2n) is 10.6. The van der Waals surface area contributed by atoms with Gasteiger partial charge in [-0.15, -0.1) is 0 Å². The number of ether oxygens (including phenoxy) is 2. The lowest BCUT2D eigenvalue weighted by Crippen LogP contribution is -2.36. The quantitative estimate of drug-likeness (QED) is 0.234. The highest BCUT2D eigenvalue weighted by molar-refractivity contribution is 7.53. The third kappa shape index (κ3) is 6.53. The average Bonchev–Trinajstić information content (AvgIpc) is 2.86. The summed E-state index contributed by atoms with van der Waals surface area (Å²) in [5.41, 5.74) is 0.405. The fourth-order valence-electron chi connectivity index (χ4n) is 4.76. The molecule has 0 heterocycles. The van der Waals surface area contributed by atoms with Crippen LogP contribution in [0.4, 0.5) is 0 Å². The number of hydrogen-bond donors (Lipinski definition) is 0. The highest BCUT2D eigenvalue weighted by Gasteiger charge is 2.39. The van der Waals surface area contributed by atoms with Gasteiger partial charge in [0.15, 0.2) is 11.6 Å². The lowest BCUT2D eigenvalue weighted by Gasteiger charge is -2.34. The Morgan fingerprint density at radius 3 is 1.75 bits per heavy atom. The van der Waals surface area contributed by atoms with Gasteiger partial charge < -0.3 is 14.0 Å². The fourth-order valence-corrected chi connectivity index (χ4v) is 6.72. The second kappa shape index (κ2) is 11.3. The van der Waals surface area contributed by atoms with Crippen LogP contribution in [-0.4, -0.2) is 31.9 Å². The maximum Gasteiger partial charge on any atom is 0.193 e. The highest BCUT2D eigenvalue weighted by atomic mass is 31.1. The van der Waals surface area contributed by atoms with Gasteiger partial charge in [-0.1, -0.05) is 52.0 Å². The molecule has 0 aliphatic carbocycles. The average molecular weight is 507 g/mol. The Kier molecular flexibility index (Phi) is 8.58. The van der Waals surface area contributed by atoms with Crippen molar-refractivity contribution >= 4 is 24.7 Å². The van der Waals surface area contributed by atoms with Crippen LogP contribution in [-0.2, 0) is 4.57 Å². The Morgan fingerprint density at radius 2 is 1.25 bits per heavy atom. The van der Waals surface area contributed by atoms with E-state index in [0.717, 1.165) is 0 Å². The molecule has 0 aromatic heterocycles. The molecule has 0 saturated carbocycles. The van der Waals surface area contributed by atoms with Gasteiger partial charge in [-0.2, -0.15) is 0 Å². The molecule has 36 heavy (non-hydrogen) atoms. The molecule has 0 amide bonds. The van der Waals surface area contributed by atoms with Crippen LogP contribution in [0.3, 0.4) is 0 Å². The summed E-state index contributed by atoms with van der Waals surface area (Å²) in [5, 5.41) is 0.506. The summed E-state index contributed by atoms with van der Waals surface area (Å²) < 4.78 is 24.3. The van der Waals surface area contributed by atoms with Crippen molar-refractivity contribution in [2.24, 2.45) is 10.8 Å². The highest BCUT2D eigenvalue weighted by Crippen LogP contribution is 2.43. The number of hydrogen-bond acceptors (Lipinski definition) is 5. The maximum absolute atomic E-state index is 13.9. The van der Waals surface area contributed by atoms with Crippen LogP contribution in [0.5, 0.6) is 11.5 Å². The van der Waals surface area contributed by atoms with Crippen LogP contribution < -0.4 is 14.8 Å². The first-order valence-corrected chi connectivity index (χ1v) is 13.6. The Bertz CT molecular complexity index is 1240. The van der Waals surface area contributed by atoms with Crippen molar-refractivity contribution < 1.29 is 23.6 Å². The molecule has 2 unspecified atom stereocenters. The minimum absolute atomic E-state index is 0.0580. The van der Waals surface area contributed by atoms with Gasteiger partial charge in [0.05, 0.1) is 14.2 Å². The minimum atomic E-state index is -2.49. The summed E-state index contributed by atoms with van der Waals surface area (Å²) in [7, 11) is 0.656. The van der Waals surface area contributed by atoms with Crippen molar-refractivity contribution in [2.45, 2.75) is 34.1 Å². The van der Waals surface area contributed by atoms with E-state index in [1.807, 2.05) is 6.92 Å². The largest absolute Gasteiger partial charge is 0.497 e. The first kappa shape index (κ1) is 27.4. The number of methoxy groups -OCH3 is 2. The molecule has 0 N–H and O–H groups in total. The van der Waals surface area contributed by atoms with Crippen molar-refractivity contribution in [3.63, 3.8) is 0 Å². The Hall–Kier alpha value is -3.17. The molecule has 3 aromatic carbocycles. The molecule has 0 saturated heterocycles. The van der Waals surface area contributed by atoms with Crippen molar-refractivity contribution in [3.8, 4) is 11.5 Å². The number of benzene rings is 3. The van der Waals surface area contributed by atoms with E-state index in [1.165, 1.54) is 0 Å². The van der Waals surface area contributed by atoms with Gasteiger partial charge in [0.2, 0.25) is 0 Å². The van der Waals surface area contributed by atoms with Crippen LogP contribution in [0.25, 0.3) is 0 Å². The van der Waals surface area contributed by atoms with Crippen molar-refractivity contribution in [1.82, 2.24) is 0 Å². The molecule has 0 aliphatic rings. The third-order valence-corrected chi connectivity index (χ3v) is 8.33. The van der Waals surface area contributed by atoms with Gasteiger partial charge in [-0.05, 0) is 60.4 Å². The van der Waals surface area contributed by atoms with E-state index in [-0.39, 0.29) is 23.1 Å². The number of carbonyl (C=O) groups is 2. The first-order valence-electron chi connectivity index (χ1n) is 12.0. The van der Waals surface area contributed by atoms with Crippen molar-refractivity contribution in [2.75, 3.05) is 20.4 Å². The van der Waals surface area contributed by atoms with Crippen LogP contribution in [0.15, 0.2) is 72.8 Å². The van der Waals surface area contributed by atoms with Gasteiger partial charge >= 0.3 is 0 Å². The molecule has 0 aliphatic heterocycles. The van der Waals surface area contributed by atoms with Gasteiger partial charge in [-0.3, -0.25) is 9.59 Å². The second-order valence-corrected chi connectivity index (χ2v) is 12.3. The van der Waals surface area contributed by atoms with E-state index in [1.54, 1.807) is 87.0 Å². The zero-order valence-electron chi connectivity index (χ0n) is 21.9. The predicted octanol–water partition coefficient (Wildman–Crippen LogP) is 6.45. The van der Waals surface area contributed by atoms with E-state index in [9.17, 15) is 14.2 Å². The van der Waals surface area contributed by atoms with E-state index in [4.69, 9.17) is 9.47 Å². The number of carbonyl (C=O) groups excluding carboxylic acids is 2. The molecule has 6 heteroatoms. The molecular weight excluding hydrogens is 471 g/mol. The van der Waals surface area contributed by atoms with Gasteiger partial charge in [0.25, 0.3) is 0 Å². The van der Waals surface area contributed by atoms with E-state index >= 15 is 0 Å². The molecule has 190 valence electrons. The number of rotatable bonds is 10. The standard InChI is InChI=1S/C30H35O5P/c1-29(2,3)19-30(4,28(32)22-13-17-24(35-6)18-14-22)20-36(33)26-10-8-7-9-25(26)27(31)21-11-15-23(34-5)16-12-21/h7-18,36H,19-20H2,1-6H3. The first-order chi connectivity index (χ1) is 17.0. The SMILES string of the molecule is COc1ccc(C(=O)c2ccccc2[PH](=O)CC(C)(CC(C)(C)C)C(=O)c2ccc(OC)cc2)cc1. The number of Topliss-reactive ketones (excluding diaryl/α,β-unsaturated/α-hetero) is 1. The minimum Gasteiger partial charge on any atom is -0.497 e. The van der Waals surface area contributed by atoms with Gasteiger partial charge in [-0.25, -0.2) is 0 Å². The topological polar surface area (TPSA) is 69.7 Å². The monoisotopic (exact) mass is 506 g/mol. The Balaban J connectivity index is 1.96. The van der Waals surface area contributed by atoms with E-state index < -0.39 is 13.2 Å². The van der Waals surface area contributed by atoms with E-state index in [0.29, 0.717) is 39.9 Å². The molecule has 0 radical (unpaired) electrons. The normalized spacial score (nSPS) is 13.9. The summed E-state index contributed by atoms with van der Waals surface area (Å²) in [6.07, 6.45) is 0.725. The molecule has 3 rings (SSSR count). The zero-order chi connectivity index (χ0) is 26.5. The van der Waals surface area contributed by atoms with Crippen molar-refractivity contribution in [1.29, 1.82) is 0 Å². The molecule has 0 spiro atoms. The van der Waals surface area contributed by atoms with Crippen molar-refractivity contribution in [3.05, 3.63) is 89.5 Å². The summed E-state index contributed by atoms with van der Waals surface area (Å²) in [6.45, 7) is 8.11. The molecule has 0 bridgehead atoms. The maximum atomic E-state index is 13.9. The van der Waals surface area contributed by atoms with Gasteiger partial charge in [0, 0.05) is 33.6 Å². The summed E-state index contributed by atoms with van der Waals surface area (Å²) in [6, 6.07) is 20.9. The van der Waals surface area contributed by atoms with Crippen LogP contribution in [0.2, 0.25) is 0 Å². The Labute approximate surface area is 214 Å². The molecule has 5 nitrogen and oxygen atoms in total.